The fraction of sp³-hybridized carbons (Fsp3) is 0.929. The van der Waals surface area contributed by atoms with Gasteiger partial charge in [0.2, 0.25) is 0 Å². The lowest BCUT2D eigenvalue weighted by molar-refractivity contribution is -0.177. The van der Waals surface area contributed by atoms with Gasteiger partial charge in [-0.3, -0.25) is 4.79 Å². The van der Waals surface area contributed by atoms with Crippen LogP contribution in [0.3, 0.4) is 0 Å². The summed E-state index contributed by atoms with van der Waals surface area (Å²) in [5, 5.41) is 0. The van der Waals surface area contributed by atoms with Gasteiger partial charge in [-0.1, -0.05) is 0 Å². The summed E-state index contributed by atoms with van der Waals surface area (Å²) < 4.78 is 16.4. The van der Waals surface area contributed by atoms with Crippen LogP contribution in [0.25, 0.3) is 0 Å². The molecule has 4 heteroatoms. The van der Waals surface area contributed by atoms with Gasteiger partial charge in [0.05, 0.1) is 31.3 Å². The molecule has 2 rings (SSSR count). The molecule has 18 heavy (non-hydrogen) atoms. The third kappa shape index (κ3) is 3.23. The second-order valence-electron chi connectivity index (χ2n) is 5.55. The Morgan fingerprint density at radius 2 is 1.89 bits per heavy atom. The van der Waals surface area contributed by atoms with E-state index in [1.807, 2.05) is 0 Å². The highest BCUT2D eigenvalue weighted by Gasteiger charge is 2.43. The van der Waals surface area contributed by atoms with Crippen molar-refractivity contribution in [2.75, 3.05) is 14.2 Å². The SMILES string of the molecule is COC(=O)CC1(OC2CCCC(OC)C2)CCC1. The van der Waals surface area contributed by atoms with Crippen LogP contribution in [-0.2, 0) is 19.0 Å². The number of rotatable bonds is 5. The summed E-state index contributed by atoms with van der Waals surface area (Å²) >= 11 is 0. The number of esters is 1. The third-order valence-corrected chi connectivity index (χ3v) is 4.29. The third-order valence-electron chi connectivity index (χ3n) is 4.29. The first-order valence-electron chi connectivity index (χ1n) is 6.95. The Morgan fingerprint density at radius 3 is 2.44 bits per heavy atom. The summed E-state index contributed by atoms with van der Waals surface area (Å²) in [5.74, 6) is -0.159. The number of carbonyl (C=O) groups excluding carboxylic acids is 1. The van der Waals surface area contributed by atoms with Crippen LogP contribution >= 0.6 is 0 Å². The van der Waals surface area contributed by atoms with E-state index in [0.29, 0.717) is 12.5 Å². The molecule has 0 aromatic heterocycles. The first kappa shape index (κ1) is 13.8. The van der Waals surface area contributed by atoms with E-state index in [1.54, 1.807) is 7.11 Å². The summed E-state index contributed by atoms with van der Waals surface area (Å²) in [5.41, 5.74) is -0.243. The highest BCUT2D eigenvalue weighted by Crippen LogP contribution is 2.41. The van der Waals surface area contributed by atoms with Gasteiger partial charge < -0.3 is 14.2 Å². The van der Waals surface area contributed by atoms with Crippen molar-refractivity contribution in [3.8, 4) is 0 Å². The first-order valence-corrected chi connectivity index (χ1v) is 6.95. The van der Waals surface area contributed by atoms with Gasteiger partial charge in [-0.05, 0) is 44.9 Å². The van der Waals surface area contributed by atoms with E-state index in [9.17, 15) is 4.79 Å². The average Bonchev–Trinajstić information content (AvgIpc) is 2.36. The molecule has 0 spiro atoms. The number of hydrogen-bond acceptors (Lipinski definition) is 4. The van der Waals surface area contributed by atoms with Crippen molar-refractivity contribution in [1.82, 2.24) is 0 Å². The van der Waals surface area contributed by atoms with E-state index in [0.717, 1.165) is 44.9 Å². The molecule has 2 atom stereocenters. The van der Waals surface area contributed by atoms with Crippen molar-refractivity contribution in [2.45, 2.75) is 69.2 Å². The zero-order valence-corrected chi connectivity index (χ0v) is 11.4. The van der Waals surface area contributed by atoms with Crippen LogP contribution in [0.5, 0.6) is 0 Å². The van der Waals surface area contributed by atoms with Crippen molar-refractivity contribution in [3.05, 3.63) is 0 Å². The highest BCUT2D eigenvalue weighted by molar-refractivity contribution is 5.70. The van der Waals surface area contributed by atoms with E-state index < -0.39 is 0 Å². The Hall–Kier alpha value is -0.610. The van der Waals surface area contributed by atoms with Crippen LogP contribution in [0.15, 0.2) is 0 Å². The molecular formula is C14H24O4. The number of carbonyl (C=O) groups is 1. The topological polar surface area (TPSA) is 44.8 Å². The first-order chi connectivity index (χ1) is 8.67. The summed E-state index contributed by atoms with van der Waals surface area (Å²) in [4.78, 5) is 11.5. The van der Waals surface area contributed by atoms with Crippen molar-refractivity contribution in [2.24, 2.45) is 0 Å². The lowest BCUT2D eigenvalue weighted by Gasteiger charge is -2.44. The van der Waals surface area contributed by atoms with Gasteiger partial charge in [-0.2, -0.15) is 0 Å². The summed E-state index contributed by atoms with van der Waals surface area (Å²) in [7, 11) is 3.21. The number of ether oxygens (including phenoxy) is 3. The van der Waals surface area contributed by atoms with Gasteiger partial charge in [0.25, 0.3) is 0 Å². The lowest BCUT2D eigenvalue weighted by Crippen LogP contribution is -2.46. The second kappa shape index (κ2) is 6.02. The normalized spacial score (nSPS) is 30.6. The molecule has 104 valence electrons. The Bertz CT molecular complexity index is 286. The monoisotopic (exact) mass is 256 g/mol. The Labute approximate surface area is 109 Å². The molecule has 0 radical (unpaired) electrons. The molecular weight excluding hydrogens is 232 g/mol. The van der Waals surface area contributed by atoms with Gasteiger partial charge in [0.15, 0.2) is 0 Å². The molecule has 0 aromatic rings. The quantitative estimate of drug-likeness (QED) is 0.709. The van der Waals surface area contributed by atoms with Crippen molar-refractivity contribution in [3.63, 3.8) is 0 Å². The standard InChI is InChI=1S/C14H24O4/c1-16-11-5-3-6-12(9-11)18-14(7-4-8-14)10-13(15)17-2/h11-12H,3-10H2,1-2H3. The summed E-state index contributed by atoms with van der Waals surface area (Å²) in [6, 6.07) is 0. The van der Waals surface area contributed by atoms with Crippen LogP contribution in [0.1, 0.15) is 51.4 Å². The molecule has 2 aliphatic rings. The largest absolute Gasteiger partial charge is 0.469 e. The molecule has 0 bridgehead atoms. The second-order valence-corrected chi connectivity index (χ2v) is 5.55. The maximum atomic E-state index is 11.5. The minimum absolute atomic E-state index is 0.159. The maximum Gasteiger partial charge on any atom is 0.308 e. The van der Waals surface area contributed by atoms with Gasteiger partial charge in [-0.15, -0.1) is 0 Å². The van der Waals surface area contributed by atoms with Crippen LogP contribution < -0.4 is 0 Å². The summed E-state index contributed by atoms with van der Waals surface area (Å²) in [6.45, 7) is 0. The molecule has 0 amide bonds. The number of hydrogen-bond donors (Lipinski definition) is 0. The fourth-order valence-corrected chi connectivity index (χ4v) is 3.02. The Morgan fingerprint density at radius 1 is 1.17 bits per heavy atom. The molecule has 2 unspecified atom stereocenters. The molecule has 0 aromatic carbocycles. The van der Waals surface area contributed by atoms with Gasteiger partial charge in [-0.25, -0.2) is 0 Å². The van der Waals surface area contributed by atoms with E-state index >= 15 is 0 Å². The van der Waals surface area contributed by atoms with Gasteiger partial charge in [0, 0.05) is 7.11 Å². The lowest BCUT2D eigenvalue weighted by atomic mass is 9.77. The molecule has 2 fully saturated rings. The van der Waals surface area contributed by atoms with E-state index in [2.05, 4.69) is 0 Å². The maximum absolute atomic E-state index is 11.5. The fourth-order valence-electron chi connectivity index (χ4n) is 3.02. The van der Waals surface area contributed by atoms with Crippen LogP contribution in [0.2, 0.25) is 0 Å². The minimum atomic E-state index is -0.243. The zero-order valence-electron chi connectivity index (χ0n) is 11.4. The van der Waals surface area contributed by atoms with Gasteiger partial charge in [0.1, 0.15) is 0 Å². The molecule has 0 saturated heterocycles. The molecule has 4 nitrogen and oxygen atoms in total. The van der Waals surface area contributed by atoms with E-state index in [-0.39, 0.29) is 17.7 Å². The predicted octanol–water partition coefficient (Wildman–Crippen LogP) is 2.45. The molecule has 0 aliphatic heterocycles. The molecule has 0 heterocycles. The minimum Gasteiger partial charge on any atom is -0.469 e. The molecule has 2 saturated carbocycles. The Kier molecular flexibility index (Phi) is 4.62. The van der Waals surface area contributed by atoms with Crippen LogP contribution in [-0.4, -0.2) is 38.0 Å². The average molecular weight is 256 g/mol. The highest BCUT2D eigenvalue weighted by atomic mass is 16.5. The Balaban J connectivity index is 1.87. The van der Waals surface area contributed by atoms with Crippen molar-refractivity contribution < 1.29 is 19.0 Å². The molecule has 2 aliphatic carbocycles. The van der Waals surface area contributed by atoms with Crippen LogP contribution in [0, 0.1) is 0 Å². The van der Waals surface area contributed by atoms with Gasteiger partial charge >= 0.3 is 5.97 Å². The smallest absolute Gasteiger partial charge is 0.308 e. The predicted molar refractivity (Wildman–Crippen MR) is 67.4 cm³/mol. The van der Waals surface area contributed by atoms with E-state index in [4.69, 9.17) is 14.2 Å². The van der Waals surface area contributed by atoms with Crippen molar-refractivity contribution in [1.29, 1.82) is 0 Å². The van der Waals surface area contributed by atoms with Crippen LogP contribution in [0.4, 0.5) is 0 Å². The summed E-state index contributed by atoms with van der Waals surface area (Å²) in [6.07, 6.45) is 8.40. The molecule has 0 N–H and O–H groups in total. The van der Waals surface area contributed by atoms with E-state index in [1.165, 1.54) is 7.11 Å². The van der Waals surface area contributed by atoms with Crippen molar-refractivity contribution >= 4 is 5.97 Å². The zero-order chi connectivity index (χ0) is 13.0. The number of methoxy groups -OCH3 is 2.